The summed E-state index contributed by atoms with van der Waals surface area (Å²) in [7, 11) is 0. The van der Waals surface area contributed by atoms with Crippen LogP contribution in [0.4, 0.5) is 5.69 Å². The molecule has 0 spiro atoms. The van der Waals surface area contributed by atoms with E-state index < -0.39 is 0 Å². The van der Waals surface area contributed by atoms with E-state index in [1.165, 1.54) is 4.90 Å². The maximum absolute atomic E-state index is 5.57. The molecule has 19 heavy (non-hydrogen) atoms. The van der Waals surface area contributed by atoms with E-state index in [-0.39, 0.29) is 6.04 Å². The van der Waals surface area contributed by atoms with E-state index in [9.17, 15) is 0 Å². The monoisotopic (exact) mass is 337 g/mol. The third kappa shape index (κ3) is 3.91. The summed E-state index contributed by atoms with van der Waals surface area (Å²) in [5, 5.41) is 3.48. The highest BCUT2D eigenvalue weighted by atomic mass is 79.9. The van der Waals surface area contributed by atoms with Crippen LogP contribution in [0.5, 0.6) is 0 Å². The van der Waals surface area contributed by atoms with Crippen LogP contribution in [0.1, 0.15) is 18.7 Å². The first kappa shape index (κ1) is 14.3. The van der Waals surface area contributed by atoms with Crippen molar-refractivity contribution in [2.24, 2.45) is 0 Å². The van der Waals surface area contributed by atoms with Crippen molar-refractivity contribution in [3.05, 3.63) is 59.5 Å². The van der Waals surface area contributed by atoms with Gasteiger partial charge in [-0.1, -0.05) is 18.2 Å². The number of furan rings is 1. The van der Waals surface area contributed by atoms with Crippen molar-refractivity contribution < 1.29 is 4.42 Å². The molecule has 1 atom stereocenters. The molecular weight excluding hydrogens is 322 g/mol. The highest BCUT2D eigenvalue weighted by Gasteiger charge is 2.11. The van der Waals surface area contributed by atoms with Crippen LogP contribution in [0.25, 0.3) is 0 Å². The summed E-state index contributed by atoms with van der Waals surface area (Å²) < 4.78 is 6.32. The summed E-state index contributed by atoms with van der Waals surface area (Å²) in [5.41, 5.74) is 1.12. The van der Waals surface area contributed by atoms with E-state index >= 15 is 0 Å². The van der Waals surface area contributed by atoms with Crippen LogP contribution >= 0.6 is 27.7 Å². The second kappa shape index (κ2) is 6.87. The quantitative estimate of drug-likeness (QED) is 0.557. The Morgan fingerprint density at radius 1 is 1.37 bits per heavy atom. The van der Waals surface area contributed by atoms with Crippen molar-refractivity contribution in [2.75, 3.05) is 11.1 Å². The van der Waals surface area contributed by atoms with Gasteiger partial charge in [0.15, 0.2) is 4.67 Å². The minimum absolute atomic E-state index is 0.122. The fourth-order valence-corrected chi connectivity index (χ4v) is 2.80. The molecule has 0 saturated heterocycles. The standard InChI is InChI=1S/C15H16BrNOS/c1-3-10-19-14-7-5-4-6-12(14)17-11(2)13-8-9-15(16)18-13/h3-9,11,17H,1,10H2,2H3. The maximum atomic E-state index is 5.57. The van der Waals surface area contributed by atoms with Gasteiger partial charge in [-0.05, 0) is 47.1 Å². The molecule has 1 N–H and O–H groups in total. The summed E-state index contributed by atoms with van der Waals surface area (Å²) in [6.45, 7) is 5.84. The van der Waals surface area contributed by atoms with Crippen molar-refractivity contribution in [1.29, 1.82) is 0 Å². The first-order valence-corrected chi connectivity index (χ1v) is 7.83. The Morgan fingerprint density at radius 3 is 2.84 bits per heavy atom. The fourth-order valence-electron chi connectivity index (χ4n) is 1.73. The van der Waals surface area contributed by atoms with Gasteiger partial charge in [-0.2, -0.15) is 0 Å². The lowest BCUT2D eigenvalue weighted by molar-refractivity contribution is 0.470. The number of nitrogens with one attached hydrogen (secondary N) is 1. The molecule has 2 rings (SSSR count). The molecule has 100 valence electrons. The van der Waals surface area contributed by atoms with Crippen LogP contribution in [0.15, 0.2) is 63.0 Å². The lowest BCUT2D eigenvalue weighted by atomic mass is 10.2. The topological polar surface area (TPSA) is 25.2 Å². The van der Waals surface area contributed by atoms with Crippen molar-refractivity contribution in [3.63, 3.8) is 0 Å². The zero-order valence-electron chi connectivity index (χ0n) is 10.7. The molecule has 0 saturated carbocycles. The van der Waals surface area contributed by atoms with Gasteiger partial charge in [-0.3, -0.25) is 0 Å². The van der Waals surface area contributed by atoms with Crippen molar-refractivity contribution in [1.82, 2.24) is 0 Å². The van der Waals surface area contributed by atoms with Crippen LogP contribution in [-0.2, 0) is 0 Å². The van der Waals surface area contributed by atoms with Crippen LogP contribution < -0.4 is 5.32 Å². The normalized spacial score (nSPS) is 12.1. The number of hydrogen-bond acceptors (Lipinski definition) is 3. The molecule has 1 heterocycles. The van der Waals surface area contributed by atoms with E-state index in [1.54, 1.807) is 11.8 Å². The third-order valence-electron chi connectivity index (χ3n) is 2.64. The van der Waals surface area contributed by atoms with Gasteiger partial charge in [-0.25, -0.2) is 0 Å². The van der Waals surface area contributed by atoms with Crippen molar-refractivity contribution in [3.8, 4) is 0 Å². The van der Waals surface area contributed by atoms with Gasteiger partial charge in [0.2, 0.25) is 0 Å². The molecule has 4 heteroatoms. The molecule has 1 aromatic heterocycles. The van der Waals surface area contributed by atoms with Gasteiger partial charge in [0.05, 0.1) is 6.04 Å². The predicted molar refractivity (Wildman–Crippen MR) is 85.8 cm³/mol. The molecule has 1 unspecified atom stereocenters. The first-order chi connectivity index (χ1) is 9.20. The zero-order valence-corrected chi connectivity index (χ0v) is 13.1. The number of para-hydroxylation sites is 1. The highest BCUT2D eigenvalue weighted by molar-refractivity contribution is 9.10. The largest absolute Gasteiger partial charge is 0.452 e. The summed E-state index contributed by atoms with van der Waals surface area (Å²) in [6, 6.07) is 12.3. The minimum atomic E-state index is 0.122. The molecule has 0 radical (unpaired) electrons. The average Bonchev–Trinajstić information content (AvgIpc) is 2.84. The van der Waals surface area contributed by atoms with Gasteiger partial charge < -0.3 is 9.73 Å². The Kier molecular flexibility index (Phi) is 5.16. The Balaban J connectivity index is 2.11. The SMILES string of the molecule is C=CCSc1ccccc1NC(C)c1ccc(Br)o1. The van der Waals surface area contributed by atoms with Gasteiger partial charge in [-0.15, -0.1) is 18.3 Å². The fraction of sp³-hybridized carbons (Fsp3) is 0.200. The number of anilines is 1. The number of thioether (sulfide) groups is 1. The Bertz CT molecular complexity index is 553. The number of benzene rings is 1. The molecule has 0 amide bonds. The smallest absolute Gasteiger partial charge is 0.169 e. The maximum Gasteiger partial charge on any atom is 0.169 e. The Morgan fingerprint density at radius 2 is 2.16 bits per heavy atom. The molecule has 0 aliphatic rings. The van der Waals surface area contributed by atoms with E-state index in [2.05, 4.69) is 46.9 Å². The van der Waals surface area contributed by atoms with E-state index in [0.29, 0.717) is 0 Å². The average molecular weight is 338 g/mol. The predicted octanol–water partition coefficient (Wildman–Crippen LogP) is 5.49. The lowest BCUT2D eigenvalue weighted by Gasteiger charge is -2.15. The van der Waals surface area contributed by atoms with Crippen LogP contribution in [0, 0.1) is 0 Å². The number of halogens is 1. The Labute approximate surface area is 126 Å². The van der Waals surface area contributed by atoms with Crippen LogP contribution in [-0.4, -0.2) is 5.75 Å². The molecular formula is C15H16BrNOS. The van der Waals surface area contributed by atoms with Crippen LogP contribution in [0.3, 0.4) is 0 Å². The first-order valence-electron chi connectivity index (χ1n) is 6.05. The molecule has 0 bridgehead atoms. The van der Waals surface area contributed by atoms with Crippen molar-refractivity contribution in [2.45, 2.75) is 17.9 Å². The molecule has 2 aromatic rings. The van der Waals surface area contributed by atoms with E-state index in [0.717, 1.165) is 21.9 Å². The second-order valence-corrected chi connectivity index (χ2v) is 5.95. The summed E-state index contributed by atoms with van der Waals surface area (Å²) in [4.78, 5) is 1.22. The van der Waals surface area contributed by atoms with Gasteiger partial charge in [0.25, 0.3) is 0 Å². The number of hydrogen-bond donors (Lipinski definition) is 1. The Hall–Kier alpha value is -1.13. The van der Waals surface area contributed by atoms with Gasteiger partial charge in [0.1, 0.15) is 5.76 Å². The third-order valence-corrected chi connectivity index (χ3v) is 4.13. The second-order valence-electron chi connectivity index (χ2n) is 4.10. The summed E-state index contributed by atoms with van der Waals surface area (Å²) in [5.74, 6) is 1.81. The van der Waals surface area contributed by atoms with Crippen LogP contribution in [0.2, 0.25) is 0 Å². The lowest BCUT2D eigenvalue weighted by Crippen LogP contribution is -2.06. The summed E-state index contributed by atoms with van der Waals surface area (Å²) >= 11 is 5.09. The number of rotatable bonds is 6. The van der Waals surface area contributed by atoms with Gasteiger partial charge in [0, 0.05) is 16.3 Å². The van der Waals surface area contributed by atoms with Gasteiger partial charge >= 0.3 is 0 Å². The summed E-state index contributed by atoms with van der Waals surface area (Å²) in [6.07, 6.45) is 1.91. The highest BCUT2D eigenvalue weighted by Crippen LogP contribution is 2.30. The van der Waals surface area contributed by atoms with Crippen molar-refractivity contribution >= 4 is 33.4 Å². The molecule has 2 nitrogen and oxygen atoms in total. The molecule has 0 aliphatic heterocycles. The van der Waals surface area contributed by atoms with E-state index in [4.69, 9.17) is 4.42 Å². The molecule has 0 aliphatic carbocycles. The van der Waals surface area contributed by atoms with E-state index in [1.807, 2.05) is 30.3 Å². The molecule has 0 fully saturated rings. The zero-order chi connectivity index (χ0) is 13.7. The minimum Gasteiger partial charge on any atom is -0.452 e. The molecule has 1 aromatic carbocycles.